The molecule has 21 heavy (non-hydrogen) atoms. The summed E-state index contributed by atoms with van der Waals surface area (Å²) in [6.45, 7) is 0.404. The number of rotatable bonds is 6. The van der Waals surface area contributed by atoms with Crippen molar-refractivity contribution in [1.82, 2.24) is 9.88 Å². The van der Waals surface area contributed by atoms with Gasteiger partial charge in [0.05, 0.1) is 0 Å². The third-order valence-corrected chi connectivity index (χ3v) is 3.48. The summed E-state index contributed by atoms with van der Waals surface area (Å²) in [7, 11) is 1.84. The van der Waals surface area contributed by atoms with Crippen molar-refractivity contribution in [3.63, 3.8) is 0 Å². The number of nitrogens with zero attached hydrogens (tertiary/aromatic N) is 1. The third kappa shape index (κ3) is 3.41. The molecule has 0 saturated carbocycles. The molecule has 1 aromatic carbocycles. The lowest BCUT2D eigenvalue weighted by Gasteiger charge is -2.08. The van der Waals surface area contributed by atoms with Crippen LogP contribution in [0, 0.1) is 0 Å². The summed E-state index contributed by atoms with van der Waals surface area (Å²) in [4.78, 5) is 22.7. The van der Waals surface area contributed by atoms with Crippen LogP contribution in [0.5, 0.6) is 0 Å². The van der Waals surface area contributed by atoms with Crippen LogP contribution in [0.25, 0.3) is 10.9 Å². The smallest absolute Gasteiger partial charge is 0.320 e. The molecule has 0 unspecified atom stereocenters. The normalized spacial score (nSPS) is 12.3. The first kappa shape index (κ1) is 15.1. The average molecular weight is 289 g/mol. The number of carboxylic acids is 1. The van der Waals surface area contributed by atoms with Gasteiger partial charge in [0.15, 0.2) is 0 Å². The largest absolute Gasteiger partial charge is 0.480 e. The number of fused-ring (bicyclic) bond motifs is 1. The van der Waals surface area contributed by atoms with E-state index in [0.717, 1.165) is 10.9 Å². The minimum atomic E-state index is -1.02. The van der Waals surface area contributed by atoms with Gasteiger partial charge in [0.2, 0.25) is 0 Å². The van der Waals surface area contributed by atoms with Gasteiger partial charge in [-0.15, -0.1) is 0 Å². The van der Waals surface area contributed by atoms with Crippen LogP contribution >= 0.6 is 0 Å². The molecule has 0 aliphatic carbocycles. The highest BCUT2D eigenvalue weighted by Gasteiger charge is 2.14. The maximum absolute atomic E-state index is 12.1. The molecule has 1 atom stereocenters. The van der Waals surface area contributed by atoms with E-state index in [1.165, 1.54) is 0 Å². The Labute approximate surface area is 122 Å². The van der Waals surface area contributed by atoms with E-state index in [0.29, 0.717) is 25.1 Å². The number of hydrogen-bond acceptors (Lipinski definition) is 3. The maximum atomic E-state index is 12.1. The predicted molar refractivity (Wildman–Crippen MR) is 80.1 cm³/mol. The zero-order valence-corrected chi connectivity index (χ0v) is 11.9. The number of benzene rings is 1. The molecule has 1 heterocycles. The van der Waals surface area contributed by atoms with Gasteiger partial charge < -0.3 is 20.7 Å². The molecular formula is C15H19N3O3. The van der Waals surface area contributed by atoms with Gasteiger partial charge in [0.1, 0.15) is 11.7 Å². The maximum Gasteiger partial charge on any atom is 0.320 e. The topological polar surface area (TPSA) is 97.4 Å². The summed E-state index contributed by atoms with van der Waals surface area (Å²) in [5.41, 5.74) is 6.98. The second-order valence-corrected chi connectivity index (χ2v) is 4.99. The first-order valence-corrected chi connectivity index (χ1v) is 6.81. The average Bonchev–Trinajstić information content (AvgIpc) is 2.81. The van der Waals surface area contributed by atoms with E-state index in [4.69, 9.17) is 10.8 Å². The number of carbonyl (C=O) groups is 2. The fourth-order valence-corrected chi connectivity index (χ4v) is 2.24. The molecule has 0 radical (unpaired) electrons. The Morgan fingerprint density at radius 3 is 2.76 bits per heavy atom. The quantitative estimate of drug-likeness (QED) is 0.694. The van der Waals surface area contributed by atoms with E-state index < -0.39 is 12.0 Å². The summed E-state index contributed by atoms with van der Waals surface area (Å²) in [5, 5.41) is 12.5. The summed E-state index contributed by atoms with van der Waals surface area (Å²) < 4.78 is 1.84. The van der Waals surface area contributed by atoms with Crippen LogP contribution in [-0.4, -0.2) is 34.1 Å². The molecular weight excluding hydrogens is 270 g/mol. The minimum Gasteiger partial charge on any atom is -0.480 e. The Hall–Kier alpha value is -2.34. The van der Waals surface area contributed by atoms with Crippen molar-refractivity contribution < 1.29 is 14.7 Å². The van der Waals surface area contributed by atoms with Crippen molar-refractivity contribution >= 4 is 22.8 Å². The van der Waals surface area contributed by atoms with Gasteiger partial charge in [-0.2, -0.15) is 0 Å². The molecule has 0 spiro atoms. The molecule has 4 N–H and O–H groups in total. The van der Waals surface area contributed by atoms with E-state index >= 15 is 0 Å². The molecule has 0 aliphatic rings. The van der Waals surface area contributed by atoms with E-state index in [-0.39, 0.29) is 5.91 Å². The van der Waals surface area contributed by atoms with E-state index in [2.05, 4.69) is 5.32 Å². The van der Waals surface area contributed by atoms with E-state index in [9.17, 15) is 9.59 Å². The van der Waals surface area contributed by atoms with Crippen LogP contribution in [0.4, 0.5) is 0 Å². The van der Waals surface area contributed by atoms with Gasteiger partial charge in [-0.1, -0.05) is 18.2 Å². The number of hydrogen-bond donors (Lipinski definition) is 3. The summed E-state index contributed by atoms with van der Waals surface area (Å²) in [6.07, 6.45) is 0.869. The molecule has 2 rings (SSSR count). The third-order valence-electron chi connectivity index (χ3n) is 3.48. The minimum absolute atomic E-state index is 0.169. The fourth-order valence-electron chi connectivity index (χ4n) is 2.24. The van der Waals surface area contributed by atoms with Crippen LogP contribution in [0.15, 0.2) is 30.3 Å². The molecule has 0 aliphatic heterocycles. The number of aryl methyl sites for hydroxylation is 1. The number of carboxylic acid groups (broad SMARTS) is 1. The monoisotopic (exact) mass is 289 g/mol. The van der Waals surface area contributed by atoms with Crippen LogP contribution in [0.1, 0.15) is 23.3 Å². The van der Waals surface area contributed by atoms with Gasteiger partial charge in [-0.05, 0) is 25.0 Å². The molecule has 0 bridgehead atoms. The lowest BCUT2D eigenvalue weighted by Crippen LogP contribution is -2.32. The number of aromatic nitrogens is 1. The second-order valence-electron chi connectivity index (χ2n) is 4.99. The van der Waals surface area contributed by atoms with E-state index in [1.54, 1.807) is 0 Å². The van der Waals surface area contributed by atoms with Gasteiger partial charge in [0.25, 0.3) is 5.91 Å². The highest BCUT2D eigenvalue weighted by molar-refractivity contribution is 5.98. The Kier molecular flexibility index (Phi) is 4.59. The van der Waals surface area contributed by atoms with Gasteiger partial charge in [-0.25, -0.2) is 0 Å². The number of carbonyl (C=O) groups excluding carboxylic acids is 1. The van der Waals surface area contributed by atoms with Crippen LogP contribution in [0.2, 0.25) is 0 Å². The van der Waals surface area contributed by atoms with Gasteiger partial charge in [-0.3, -0.25) is 9.59 Å². The van der Waals surface area contributed by atoms with Gasteiger partial charge >= 0.3 is 5.97 Å². The van der Waals surface area contributed by atoms with Crippen molar-refractivity contribution in [3.8, 4) is 0 Å². The van der Waals surface area contributed by atoms with E-state index in [1.807, 2.05) is 41.9 Å². The molecule has 6 nitrogen and oxygen atoms in total. The summed E-state index contributed by atoms with van der Waals surface area (Å²) in [5.74, 6) is -1.19. The van der Waals surface area contributed by atoms with Crippen molar-refractivity contribution in [2.75, 3.05) is 6.54 Å². The van der Waals surface area contributed by atoms with Crippen molar-refractivity contribution in [2.45, 2.75) is 18.9 Å². The zero-order valence-electron chi connectivity index (χ0n) is 11.9. The number of nitrogens with two attached hydrogens (primary N) is 1. The highest BCUT2D eigenvalue weighted by Crippen LogP contribution is 2.18. The fraction of sp³-hybridized carbons (Fsp3) is 0.333. The Morgan fingerprint density at radius 2 is 2.10 bits per heavy atom. The Bertz CT molecular complexity index is 663. The Morgan fingerprint density at radius 1 is 1.38 bits per heavy atom. The summed E-state index contributed by atoms with van der Waals surface area (Å²) >= 11 is 0. The molecule has 1 amide bonds. The van der Waals surface area contributed by atoms with Crippen LogP contribution in [-0.2, 0) is 11.8 Å². The molecule has 2 aromatic rings. The predicted octanol–water partition coefficient (Wildman–Crippen LogP) is 1.10. The SMILES string of the molecule is Cn1c(C(=O)NCCC[C@H](N)C(=O)O)cc2ccccc21. The lowest BCUT2D eigenvalue weighted by atomic mass is 10.2. The molecule has 0 saturated heterocycles. The van der Waals surface area contributed by atoms with Crippen LogP contribution in [0.3, 0.4) is 0 Å². The lowest BCUT2D eigenvalue weighted by molar-refractivity contribution is -0.138. The number of aliphatic carboxylic acids is 1. The van der Waals surface area contributed by atoms with Crippen molar-refractivity contribution in [2.24, 2.45) is 12.8 Å². The zero-order chi connectivity index (χ0) is 15.4. The Balaban J connectivity index is 1.93. The number of nitrogens with one attached hydrogen (secondary N) is 1. The molecule has 6 heteroatoms. The number of amides is 1. The molecule has 1 aromatic heterocycles. The highest BCUT2D eigenvalue weighted by atomic mass is 16.4. The molecule has 112 valence electrons. The first-order chi connectivity index (χ1) is 10.0. The second kappa shape index (κ2) is 6.41. The summed E-state index contributed by atoms with van der Waals surface area (Å²) in [6, 6.07) is 8.73. The van der Waals surface area contributed by atoms with Crippen LogP contribution < -0.4 is 11.1 Å². The number of para-hydroxylation sites is 1. The molecule has 0 fully saturated rings. The van der Waals surface area contributed by atoms with Crippen molar-refractivity contribution in [1.29, 1.82) is 0 Å². The standard InChI is InChI=1S/C15H19N3O3/c1-18-12-7-3-2-5-10(12)9-13(18)14(19)17-8-4-6-11(16)15(20)21/h2-3,5,7,9,11H,4,6,8,16H2,1H3,(H,17,19)(H,20,21)/t11-/m0/s1. The van der Waals surface area contributed by atoms with Crippen molar-refractivity contribution in [3.05, 3.63) is 36.0 Å². The van der Waals surface area contributed by atoms with Gasteiger partial charge in [0, 0.05) is 24.5 Å². The first-order valence-electron chi connectivity index (χ1n) is 6.81.